The summed E-state index contributed by atoms with van der Waals surface area (Å²) in [7, 11) is 0. The molecule has 1 aromatic heterocycles. The van der Waals surface area contributed by atoms with Crippen molar-refractivity contribution in [3.05, 3.63) is 41.7 Å². The van der Waals surface area contributed by atoms with E-state index in [-0.39, 0.29) is 23.6 Å². The maximum absolute atomic E-state index is 12.5. The van der Waals surface area contributed by atoms with Gasteiger partial charge in [0.2, 0.25) is 11.8 Å². The molecule has 1 atom stereocenters. The van der Waals surface area contributed by atoms with Crippen LogP contribution in [0.2, 0.25) is 0 Å². The Labute approximate surface area is 159 Å². The number of esters is 1. The highest BCUT2D eigenvalue weighted by Crippen LogP contribution is 2.28. The van der Waals surface area contributed by atoms with E-state index in [2.05, 4.69) is 16.9 Å². The summed E-state index contributed by atoms with van der Waals surface area (Å²) in [5.74, 6) is -1.39. The Morgan fingerprint density at radius 2 is 2.00 bits per heavy atom. The highest BCUT2D eigenvalue weighted by Gasteiger charge is 2.32. The zero-order valence-electron chi connectivity index (χ0n) is 15.4. The molecule has 2 rings (SSSR count). The van der Waals surface area contributed by atoms with Gasteiger partial charge >= 0.3 is 12.1 Å². The van der Waals surface area contributed by atoms with Gasteiger partial charge in [0.05, 0.1) is 36.8 Å². The number of aromatic nitrogens is 1. The fraction of sp³-hybridized carbons (Fsp3) is 0.444. The molecule has 0 bridgehead atoms. The second-order valence-electron chi connectivity index (χ2n) is 6.49. The van der Waals surface area contributed by atoms with Crippen molar-refractivity contribution >= 4 is 17.8 Å². The van der Waals surface area contributed by atoms with E-state index < -0.39 is 35.8 Å². The van der Waals surface area contributed by atoms with Gasteiger partial charge in [0.1, 0.15) is 6.10 Å². The maximum Gasteiger partial charge on any atom is 0.417 e. The third-order valence-electron chi connectivity index (χ3n) is 4.16. The van der Waals surface area contributed by atoms with Crippen LogP contribution in [0, 0.1) is 0 Å². The van der Waals surface area contributed by atoms with Crippen LogP contribution in [0.1, 0.15) is 37.6 Å². The molecule has 0 aliphatic carbocycles. The van der Waals surface area contributed by atoms with Crippen molar-refractivity contribution in [1.82, 2.24) is 15.2 Å². The number of halogens is 3. The van der Waals surface area contributed by atoms with Crippen LogP contribution in [0.3, 0.4) is 0 Å². The lowest BCUT2D eigenvalue weighted by atomic mass is 10.1. The largest absolute Gasteiger partial charge is 0.455 e. The van der Waals surface area contributed by atoms with Gasteiger partial charge in [0, 0.05) is 18.7 Å². The van der Waals surface area contributed by atoms with Gasteiger partial charge in [-0.25, -0.2) is 4.79 Å². The molecule has 1 N–H and O–H groups in total. The van der Waals surface area contributed by atoms with E-state index in [1.54, 1.807) is 6.92 Å². The van der Waals surface area contributed by atoms with Gasteiger partial charge < -0.3 is 15.0 Å². The SMILES string of the molecule is C=C(CC(=O)N[C@@H](C)c1ccc(C(F)(F)F)cn1)C(=O)OC1CN(C(C)=O)C1. The van der Waals surface area contributed by atoms with E-state index in [0.717, 1.165) is 6.07 Å². The number of carbonyl (C=O) groups is 3. The van der Waals surface area contributed by atoms with E-state index >= 15 is 0 Å². The first-order valence-corrected chi connectivity index (χ1v) is 8.44. The molecule has 1 saturated heterocycles. The molecule has 0 radical (unpaired) electrons. The van der Waals surface area contributed by atoms with Gasteiger partial charge in [-0.1, -0.05) is 6.58 Å². The fourth-order valence-corrected chi connectivity index (χ4v) is 2.47. The summed E-state index contributed by atoms with van der Waals surface area (Å²) < 4.78 is 42.8. The molecular weight excluding hydrogens is 379 g/mol. The number of nitrogens with zero attached hydrogens (tertiary/aromatic N) is 2. The first-order chi connectivity index (χ1) is 13.0. The van der Waals surface area contributed by atoms with E-state index in [1.807, 2.05) is 0 Å². The zero-order chi connectivity index (χ0) is 21.1. The predicted molar refractivity (Wildman–Crippen MR) is 91.7 cm³/mol. The zero-order valence-corrected chi connectivity index (χ0v) is 15.4. The topological polar surface area (TPSA) is 88.6 Å². The number of amides is 2. The summed E-state index contributed by atoms with van der Waals surface area (Å²) in [5.41, 5.74) is -0.704. The van der Waals surface area contributed by atoms with Crippen LogP contribution in [0.25, 0.3) is 0 Å². The van der Waals surface area contributed by atoms with Crippen LogP contribution in [0.15, 0.2) is 30.5 Å². The number of nitrogens with one attached hydrogen (secondary N) is 1. The Balaban J connectivity index is 1.80. The number of hydrogen-bond donors (Lipinski definition) is 1. The molecule has 152 valence electrons. The van der Waals surface area contributed by atoms with Gasteiger partial charge in [0.25, 0.3) is 0 Å². The average molecular weight is 399 g/mol. The minimum atomic E-state index is -4.49. The third kappa shape index (κ3) is 5.54. The molecule has 1 aromatic rings. The molecule has 0 unspecified atom stereocenters. The van der Waals surface area contributed by atoms with E-state index in [0.29, 0.717) is 19.3 Å². The lowest BCUT2D eigenvalue weighted by Gasteiger charge is -2.37. The molecule has 1 aliphatic heterocycles. The minimum Gasteiger partial charge on any atom is -0.455 e. The summed E-state index contributed by atoms with van der Waals surface area (Å²) in [6.07, 6.45) is -4.55. The smallest absolute Gasteiger partial charge is 0.417 e. The van der Waals surface area contributed by atoms with Crippen LogP contribution in [0.5, 0.6) is 0 Å². The molecule has 1 fully saturated rings. The van der Waals surface area contributed by atoms with Gasteiger partial charge in [0.15, 0.2) is 0 Å². The number of alkyl halides is 3. The molecule has 0 aromatic carbocycles. The van der Waals surface area contributed by atoms with Crippen molar-refractivity contribution in [2.45, 2.75) is 38.6 Å². The number of pyridine rings is 1. The molecule has 2 amide bonds. The molecule has 28 heavy (non-hydrogen) atoms. The molecule has 0 spiro atoms. The Bertz CT molecular complexity index is 771. The molecule has 7 nitrogen and oxygen atoms in total. The molecule has 0 saturated carbocycles. The Hall–Kier alpha value is -2.91. The van der Waals surface area contributed by atoms with Crippen LogP contribution >= 0.6 is 0 Å². The van der Waals surface area contributed by atoms with Crippen LogP contribution in [-0.4, -0.2) is 46.9 Å². The van der Waals surface area contributed by atoms with Crippen molar-refractivity contribution in [2.75, 3.05) is 13.1 Å². The Morgan fingerprint density at radius 1 is 1.36 bits per heavy atom. The maximum atomic E-state index is 12.5. The van der Waals surface area contributed by atoms with Crippen LogP contribution in [0.4, 0.5) is 13.2 Å². The van der Waals surface area contributed by atoms with Gasteiger partial charge in [-0.15, -0.1) is 0 Å². The summed E-state index contributed by atoms with van der Waals surface area (Å²) >= 11 is 0. The highest BCUT2D eigenvalue weighted by molar-refractivity contribution is 5.94. The fourth-order valence-electron chi connectivity index (χ4n) is 2.47. The second-order valence-corrected chi connectivity index (χ2v) is 6.49. The number of likely N-dealkylation sites (tertiary alicyclic amines) is 1. The average Bonchev–Trinajstić information content (AvgIpc) is 2.56. The van der Waals surface area contributed by atoms with Crippen molar-refractivity contribution in [3.8, 4) is 0 Å². The van der Waals surface area contributed by atoms with Gasteiger partial charge in [-0.3, -0.25) is 14.6 Å². The van der Waals surface area contributed by atoms with Crippen molar-refractivity contribution in [3.63, 3.8) is 0 Å². The van der Waals surface area contributed by atoms with Gasteiger partial charge in [-0.05, 0) is 19.1 Å². The molecule has 2 heterocycles. The number of carbonyl (C=O) groups excluding carboxylic acids is 3. The lowest BCUT2D eigenvalue weighted by Crippen LogP contribution is -2.54. The van der Waals surface area contributed by atoms with E-state index in [4.69, 9.17) is 4.74 Å². The number of rotatable bonds is 6. The summed E-state index contributed by atoms with van der Waals surface area (Å²) in [4.78, 5) is 40.3. The molecule has 10 heteroatoms. The summed E-state index contributed by atoms with van der Waals surface area (Å²) in [5, 5.41) is 2.54. The van der Waals surface area contributed by atoms with Crippen molar-refractivity contribution < 1.29 is 32.3 Å². The number of ether oxygens (including phenoxy) is 1. The van der Waals surface area contributed by atoms with Crippen molar-refractivity contribution in [1.29, 1.82) is 0 Å². The minimum absolute atomic E-state index is 0.0636. The predicted octanol–water partition coefficient (Wildman–Crippen LogP) is 2.00. The Kier molecular flexibility index (Phi) is 6.42. The van der Waals surface area contributed by atoms with E-state index in [9.17, 15) is 27.6 Å². The monoisotopic (exact) mass is 399 g/mol. The van der Waals surface area contributed by atoms with Crippen LogP contribution in [-0.2, 0) is 25.3 Å². The lowest BCUT2D eigenvalue weighted by molar-refractivity contribution is -0.159. The molecular formula is C18H20F3N3O4. The van der Waals surface area contributed by atoms with Crippen LogP contribution < -0.4 is 5.32 Å². The Morgan fingerprint density at radius 3 is 2.50 bits per heavy atom. The van der Waals surface area contributed by atoms with E-state index in [1.165, 1.54) is 17.9 Å². The number of hydrogen-bond acceptors (Lipinski definition) is 5. The normalized spacial score (nSPS) is 15.4. The first-order valence-electron chi connectivity index (χ1n) is 8.44. The van der Waals surface area contributed by atoms with Gasteiger partial charge in [-0.2, -0.15) is 13.2 Å². The first kappa shape index (κ1) is 21.4. The molecule has 1 aliphatic rings. The summed E-state index contributed by atoms with van der Waals surface area (Å²) in [6, 6.07) is 1.40. The second kappa shape index (κ2) is 8.41. The standard InChI is InChI=1S/C18H20F3N3O4/c1-10(17(27)28-14-8-24(9-14)12(3)25)6-16(26)23-11(2)15-5-4-13(7-22-15)18(19,20)21/h4-5,7,11,14H,1,6,8-9H2,2-3H3,(H,23,26)/t11-/m0/s1. The quantitative estimate of drug-likeness (QED) is 0.584. The van der Waals surface area contributed by atoms with Crippen molar-refractivity contribution in [2.24, 2.45) is 0 Å². The third-order valence-corrected chi connectivity index (χ3v) is 4.16. The highest BCUT2D eigenvalue weighted by atomic mass is 19.4. The summed E-state index contributed by atoms with van der Waals surface area (Å²) in [6.45, 7) is 7.09.